The molecule has 1 aromatic heterocycles. The zero-order chi connectivity index (χ0) is 18.2. The number of phenolic OH excluding ortho intramolecular Hbond substituents is 1. The van der Waals surface area contributed by atoms with E-state index in [0.717, 1.165) is 35.7 Å². The number of esters is 1. The van der Waals surface area contributed by atoms with E-state index in [1.165, 1.54) is 0 Å². The number of aromatic nitrogens is 1. The topological polar surface area (TPSA) is 65.6 Å². The van der Waals surface area contributed by atoms with Crippen LogP contribution >= 0.6 is 0 Å². The first-order valence-electron chi connectivity index (χ1n) is 8.80. The van der Waals surface area contributed by atoms with Gasteiger partial charge in [0.2, 0.25) is 0 Å². The number of aromatic hydroxyl groups is 1. The second kappa shape index (κ2) is 9.28. The van der Waals surface area contributed by atoms with Crippen molar-refractivity contribution < 1.29 is 14.6 Å². The molecule has 0 saturated heterocycles. The van der Waals surface area contributed by atoms with Crippen molar-refractivity contribution in [2.45, 2.75) is 39.2 Å². The van der Waals surface area contributed by atoms with Gasteiger partial charge < -0.3 is 14.8 Å². The van der Waals surface area contributed by atoms with E-state index < -0.39 is 0 Å². The smallest absolute Gasteiger partial charge is 0.323 e. The van der Waals surface area contributed by atoms with Crippen LogP contribution in [0.4, 0.5) is 0 Å². The summed E-state index contributed by atoms with van der Waals surface area (Å²) >= 11 is 0. The van der Waals surface area contributed by atoms with Crippen molar-refractivity contribution >= 4 is 16.9 Å². The number of nitrogens with zero attached hydrogens (tertiary/aromatic N) is 1. The Labute approximate surface area is 149 Å². The predicted octanol–water partition coefficient (Wildman–Crippen LogP) is 3.64. The van der Waals surface area contributed by atoms with Crippen molar-refractivity contribution in [2.75, 3.05) is 20.2 Å². The number of H-pyrrole nitrogens is 1. The molecule has 5 nitrogen and oxygen atoms in total. The minimum absolute atomic E-state index is 0.190. The van der Waals surface area contributed by atoms with Gasteiger partial charge in [-0.05, 0) is 57.9 Å². The maximum Gasteiger partial charge on any atom is 0.323 e. The summed E-state index contributed by atoms with van der Waals surface area (Å²) in [6.45, 7) is 5.01. The number of fused-ring (bicyclic) bond motifs is 1. The van der Waals surface area contributed by atoms with Gasteiger partial charge in [0, 0.05) is 23.6 Å². The normalized spacial score (nSPS) is 13.0. The van der Waals surface area contributed by atoms with Crippen LogP contribution in [0.5, 0.6) is 5.75 Å². The van der Waals surface area contributed by atoms with Gasteiger partial charge in [-0.25, -0.2) is 0 Å². The van der Waals surface area contributed by atoms with Gasteiger partial charge in [0.25, 0.3) is 0 Å². The lowest BCUT2D eigenvalue weighted by molar-refractivity contribution is -0.148. The van der Waals surface area contributed by atoms with E-state index in [4.69, 9.17) is 4.74 Å². The average Bonchev–Trinajstić information content (AvgIpc) is 3.03. The Morgan fingerprint density at radius 2 is 2.24 bits per heavy atom. The SMILES string of the molecule is CC=CCCCOC(=O)C(C)N(C)CCc1c[nH]c2cccc(O)c12. The summed E-state index contributed by atoms with van der Waals surface area (Å²) in [6, 6.07) is 5.16. The van der Waals surface area contributed by atoms with Gasteiger partial charge in [-0.2, -0.15) is 0 Å². The lowest BCUT2D eigenvalue weighted by atomic mass is 10.1. The number of benzene rings is 1. The lowest BCUT2D eigenvalue weighted by Crippen LogP contribution is -2.38. The van der Waals surface area contributed by atoms with E-state index in [-0.39, 0.29) is 17.8 Å². The van der Waals surface area contributed by atoms with Crippen molar-refractivity contribution in [3.63, 3.8) is 0 Å². The molecule has 0 fully saturated rings. The van der Waals surface area contributed by atoms with Crippen molar-refractivity contribution in [1.82, 2.24) is 9.88 Å². The first-order chi connectivity index (χ1) is 12.0. The molecule has 2 N–H and O–H groups in total. The van der Waals surface area contributed by atoms with E-state index in [9.17, 15) is 9.90 Å². The van der Waals surface area contributed by atoms with Gasteiger partial charge in [0.05, 0.1) is 6.61 Å². The molecule has 0 radical (unpaired) electrons. The summed E-state index contributed by atoms with van der Waals surface area (Å²) in [6.07, 6.45) is 8.51. The number of ether oxygens (including phenoxy) is 1. The fourth-order valence-corrected chi connectivity index (χ4v) is 2.76. The fraction of sp³-hybridized carbons (Fsp3) is 0.450. The average molecular weight is 344 g/mol. The second-order valence-electron chi connectivity index (χ2n) is 6.30. The zero-order valence-corrected chi connectivity index (χ0v) is 15.3. The number of likely N-dealkylation sites (N-methyl/N-ethyl adjacent to an activating group) is 1. The van der Waals surface area contributed by atoms with E-state index in [1.807, 2.05) is 50.2 Å². The summed E-state index contributed by atoms with van der Waals surface area (Å²) in [7, 11) is 1.92. The molecule has 0 aliphatic carbocycles. The van der Waals surface area contributed by atoms with Crippen LogP contribution in [0.3, 0.4) is 0 Å². The quantitative estimate of drug-likeness (QED) is 0.414. The van der Waals surface area contributed by atoms with Gasteiger partial charge in [0.1, 0.15) is 11.8 Å². The van der Waals surface area contributed by atoms with Gasteiger partial charge in [0.15, 0.2) is 0 Å². The molecule has 0 bridgehead atoms. The molecule has 1 aromatic carbocycles. The fourth-order valence-electron chi connectivity index (χ4n) is 2.76. The molecule has 1 unspecified atom stereocenters. The highest BCUT2D eigenvalue weighted by molar-refractivity contribution is 5.89. The number of nitrogens with one attached hydrogen (secondary N) is 1. The molecule has 0 saturated carbocycles. The molecular formula is C20H28N2O3. The monoisotopic (exact) mass is 344 g/mol. The third-order valence-corrected chi connectivity index (χ3v) is 4.50. The van der Waals surface area contributed by atoms with Gasteiger partial charge in [-0.15, -0.1) is 0 Å². The molecule has 0 aliphatic heterocycles. The molecule has 2 rings (SSSR count). The third kappa shape index (κ3) is 5.10. The molecule has 0 aliphatic rings. The zero-order valence-electron chi connectivity index (χ0n) is 15.3. The van der Waals surface area contributed by atoms with Crippen molar-refractivity contribution in [3.05, 3.63) is 42.1 Å². The number of unbranched alkanes of at least 4 members (excludes halogenated alkanes) is 1. The maximum absolute atomic E-state index is 12.1. The minimum Gasteiger partial charge on any atom is -0.507 e. The summed E-state index contributed by atoms with van der Waals surface area (Å²) in [5, 5.41) is 10.9. The highest BCUT2D eigenvalue weighted by Gasteiger charge is 2.19. The molecule has 1 heterocycles. The third-order valence-electron chi connectivity index (χ3n) is 4.50. The van der Waals surface area contributed by atoms with E-state index >= 15 is 0 Å². The van der Waals surface area contributed by atoms with Crippen molar-refractivity contribution in [3.8, 4) is 5.75 Å². The van der Waals surface area contributed by atoms with E-state index in [1.54, 1.807) is 6.07 Å². The Bertz CT molecular complexity index is 721. The molecule has 136 valence electrons. The molecule has 25 heavy (non-hydrogen) atoms. The Morgan fingerprint density at radius 3 is 3.00 bits per heavy atom. The molecular weight excluding hydrogens is 316 g/mol. The van der Waals surface area contributed by atoms with Crippen LogP contribution < -0.4 is 0 Å². The largest absolute Gasteiger partial charge is 0.507 e. The number of carbonyl (C=O) groups excluding carboxylic acids is 1. The summed E-state index contributed by atoms with van der Waals surface area (Å²) in [5.41, 5.74) is 1.97. The summed E-state index contributed by atoms with van der Waals surface area (Å²) < 4.78 is 5.34. The standard InChI is InChI=1S/C20H28N2O3/c1-4-5-6-7-13-25-20(24)15(2)22(3)12-11-16-14-21-17-9-8-10-18(23)19(16)17/h4-5,8-10,14-15,21,23H,6-7,11-13H2,1-3H3. The first kappa shape index (κ1) is 19.1. The number of hydrogen-bond donors (Lipinski definition) is 2. The number of hydrogen-bond acceptors (Lipinski definition) is 4. The minimum atomic E-state index is -0.291. The summed E-state index contributed by atoms with van der Waals surface area (Å²) in [5.74, 6) is 0.0924. The van der Waals surface area contributed by atoms with Crippen LogP contribution in [-0.4, -0.2) is 47.2 Å². The van der Waals surface area contributed by atoms with Crippen LogP contribution in [0, 0.1) is 0 Å². The number of phenols is 1. The number of carbonyl (C=O) groups is 1. The van der Waals surface area contributed by atoms with Crippen molar-refractivity contribution in [1.29, 1.82) is 0 Å². The highest BCUT2D eigenvalue weighted by atomic mass is 16.5. The maximum atomic E-state index is 12.1. The Balaban J connectivity index is 1.84. The van der Waals surface area contributed by atoms with Crippen LogP contribution in [0.15, 0.2) is 36.5 Å². The number of rotatable bonds is 9. The number of aromatic amines is 1. The van der Waals surface area contributed by atoms with Crippen LogP contribution in [0.25, 0.3) is 10.9 Å². The Hall–Kier alpha value is -2.27. The molecule has 5 heteroatoms. The van der Waals surface area contributed by atoms with Crippen LogP contribution in [0.2, 0.25) is 0 Å². The van der Waals surface area contributed by atoms with E-state index in [0.29, 0.717) is 13.2 Å². The molecule has 0 spiro atoms. The second-order valence-corrected chi connectivity index (χ2v) is 6.30. The molecule has 1 atom stereocenters. The lowest BCUT2D eigenvalue weighted by Gasteiger charge is -2.23. The van der Waals surface area contributed by atoms with Gasteiger partial charge in [-0.1, -0.05) is 18.2 Å². The van der Waals surface area contributed by atoms with Gasteiger partial charge in [-0.3, -0.25) is 9.69 Å². The molecule has 0 amide bonds. The molecule has 2 aromatic rings. The number of allylic oxidation sites excluding steroid dienone is 2. The van der Waals surface area contributed by atoms with Crippen LogP contribution in [0.1, 0.15) is 32.3 Å². The Kier molecular flexibility index (Phi) is 7.07. The first-order valence-corrected chi connectivity index (χ1v) is 8.80. The summed E-state index contributed by atoms with van der Waals surface area (Å²) in [4.78, 5) is 17.3. The Morgan fingerprint density at radius 1 is 1.44 bits per heavy atom. The van der Waals surface area contributed by atoms with Crippen LogP contribution in [-0.2, 0) is 16.0 Å². The van der Waals surface area contributed by atoms with Crippen molar-refractivity contribution in [2.24, 2.45) is 0 Å². The predicted molar refractivity (Wildman–Crippen MR) is 101 cm³/mol. The highest BCUT2D eigenvalue weighted by Crippen LogP contribution is 2.27. The van der Waals surface area contributed by atoms with Gasteiger partial charge >= 0.3 is 5.97 Å². The van der Waals surface area contributed by atoms with E-state index in [2.05, 4.69) is 11.1 Å².